The molecule has 0 aromatic heterocycles. The molecule has 1 unspecified atom stereocenters. The van der Waals surface area contributed by atoms with E-state index in [1.165, 1.54) is 31.2 Å². The van der Waals surface area contributed by atoms with Crippen LogP contribution in [0.3, 0.4) is 0 Å². The molecule has 0 spiro atoms. The van der Waals surface area contributed by atoms with Gasteiger partial charge in [0.1, 0.15) is 11.5 Å². The molecule has 2 rings (SSSR count). The first-order chi connectivity index (χ1) is 12.8. The van der Waals surface area contributed by atoms with Gasteiger partial charge in [-0.15, -0.1) is 0 Å². The summed E-state index contributed by atoms with van der Waals surface area (Å²) in [5, 5.41) is 2.47. The first-order valence-electron chi connectivity index (χ1n) is 8.08. The number of hydrogen-bond donors (Lipinski definition) is 1. The number of carbonyl (C=O) groups is 2. The highest BCUT2D eigenvalue weighted by molar-refractivity contribution is 5.93. The molecule has 1 atom stereocenters. The van der Waals surface area contributed by atoms with Gasteiger partial charge in [0, 0.05) is 5.69 Å². The number of alkyl halides is 2. The summed E-state index contributed by atoms with van der Waals surface area (Å²) in [5.74, 6) is -0.781. The number of halogens is 2. The van der Waals surface area contributed by atoms with Gasteiger partial charge in [-0.2, -0.15) is 8.78 Å². The van der Waals surface area contributed by atoms with Crippen LogP contribution < -0.4 is 14.8 Å². The minimum atomic E-state index is -2.92. The van der Waals surface area contributed by atoms with Crippen molar-refractivity contribution in [1.82, 2.24) is 0 Å². The molecule has 0 saturated heterocycles. The molecule has 0 fully saturated rings. The Hall–Kier alpha value is -3.16. The summed E-state index contributed by atoms with van der Waals surface area (Å²) in [7, 11) is 0. The molecule has 0 saturated carbocycles. The molecule has 0 heterocycles. The number of nitrogens with one attached hydrogen (secondary N) is 1. The summed E-state index contributed by atoms with van der Waals surface area (Å²) in [6, 6.07) is 12.5. The van der Waals surface area contributed by atoms with Crippen molar-refractivity contribution < 1.29 is 32.6 Å². The van der Waals surface area contributed by atoms with Crippen molar-refractivity contribution in [3.8, 4) is 11.5 Å². The van der Waals surface area contributed by atoms with E-state index in [1.807, 2.05) is 19.1 Å². The van der Waals surface area contributed by atoms with Crippen LogP contribution >= 0.6 is 0 Å². The first-order valence-corrected chi connectivity index (χ1v) is 8.08. The predicted molar refractivity (Wildman–Crippen MR) is 93.9 cm³/mol. The number of ether oxygens (including phenoxy) is 3. The van der Waals surface area contributed by atoms with Gasteiger partial charge in [0.25, 0.3) is 5.91 Å². The van der Waals surface area contributed by atoms with Crippen molar-refractivity contribution in [2.24, 2.45) is 0 Å². The fourth-order valence-corrected chi connectivity index (χ4v) is 2.04. The van der Waals surface area contributed by atoms with Gasteiger partial charge < -0.3 is 19.5 Å². The minimum Gasteiger partial charge on any atom is -0.479 e. The van der Waals surface area contributed by atoms with Crippen LogP contribution in [0.4, 0.5) is 14.5 Å². The highest BCUT2D eigenvalue weighted by atomic mass is 19.3. The Bertz CT molecular complexity index is 763. The fourth-order valence-electron chi connectivity index (χ4n) is 2.04. The van der Waals surface area contributed by atoms with Crippen molar-refractivity contribution in [3.63, 3.8) is 0 Å². The summed E-state index contributed by atoms with van der Waals surface area (Å²) >= 11 is 0. The van der Waals surface area contributed by atoms with Crippen LogP contribution in [-0.4, -0.2) is 31.2 Å². The van der Waals surface area contributed by atoms with Crippen LogP contribution in [0.5, 0.6) is 11.5 Å². The normalized spacial score (nSPS) is 11.6. The second kappa shape index (κ2) is 9.51. The van der Waals surface area contributed by atoms with Gasteiger partial charge in [-0.25, -0.2) is 4.79 Å². The third kappa shape index (κ3) is 6.93. The molecule has 0 aliphatic carbocycles. The maximum atomic E-state index is 12.1. The predicted octanol–water partition coefficient (Wildman–Crippen LogP) is 3.55. The van der Waals surface area contributed by atoms with Gasteiger partial charge >= 0.3 is 12.6 Å². The number of anilines is 1. The van der Waals surface area contributed by atoms with Crippen molar-refractivity contribution >= 4 is 17.6 Å². The average molecular weight is 379 g/mol. The third-order valence-electron chi connectivity index (χ3n) is 3.37. The lowest BCUT2D eigenvalue weighted by Gasteiger charge is -2.14. The molecule has 144 valence electrons. The number of rotatable bonds is 8. The summed E-state index contributed by atoms with van der Waals surface area (Å²) < 4.78 is 38.7. The highest BCUT2D eigenvalue weighted by Crippen LogP contribution is 2.18. The van der Waals surface area contributed by atoms with E-state index >= 15 is 0 Å². The molecule has 8 heteroatoms. The Labute approximate surface area is 155 Å². The summed E-state index contributed by atoms with van der Waals surface area (Å²) in [5.41, 5.74) is 1.41. The van der Waals surface area contributed by atoms with E-state index in [0.29, 0.717) is 11.4 Å². The standard InChI is InChI=1S/C19H19F2NO5/c1-12-3-7-15(8-4-12)26-13(2)18(24)25-11-17(23)22-14-5-9-16(10-6-14)27-19(20)21/h3-10,13,19H,11H2,1-2H3,(H,22,23). The smallest absolute Gasteiger partial charge is 0.387 e. The lowest BCUT2D eigenvalue weighted by atomic mass is 10.2. The maximum Gasteiger partial charge on any atom is 0.387 e. The van der Waals surface area contributed by atoms with Crippen LogP contribution in [0.25, 0.3) is 0 Å². The first kappa shape index (κ1) is 20.2. The van der Waals surface area contributed by atoms with Crippen molar-refractivity contribution in [2.45, 2.75) is 26.6 Å². The Morgan fingerprint density at radius 2 is 1.52 bits per heavy atom. The fraction of sp³-hybridized carbons (Fsp3) is 0.263. The van der Waals surface area contributed by atoms with E-state index in [0.717, 1.165) is 5.56 Å². The SMILES string of the molecule is Cc1ccc(OC(C)C(=O)OCC(=O)Nc2ccc(OC(F)F)cc2)cc1. The molecular formula is C19H19F2NO5. The molecule has 2 aromatic rings. The lowest BCUT2D eigenvalue weighted by molar-refractivity contribution is -0.153. The third-order valence-corrected chi connectivity index (χ3v) is 3.37. The molecule has 1 amide bonds. The second-order valence-corrected chi connectivity index (χ2v) is 5.63. The quantitative estimate of drug-likeness (QED) is 0.710. The Balaban J connectivity index is 1.76. The summed E-state index contributed by atoms with van der Waals surface area (Å²) in [4.78, 5) is 23.7. The van der Waals surface area contributed by atoms with E-state index in [-0.39, 0.29) is 5.75 Å². The molecular weight excluding hydrogens is 360 g/mol. The molecule has 0 aliphatic heterocycles. The van der Waals surface area contributed by atoms with E-state index < -0.39 is 31.2 Å². The van der Waals surface area contributed by atoms with Crippen molar-refractivity contribution in [3.05, 3.63) is 54.1 Å². The molecule has 1 N–H and O–H groups in total. The van der Waals surface area contributed by atoms with Gasteiger partial charge in [0.2, 0.25) is 0 Å². The largest absolute Gasteiger partial charge is 0.479 e. The van der Waals surface area contributed by atoms with Gasteiger partial charge in [0.15, 0.2) is 12.7 Å². The average Bonchev–Trinajstić information content (AvgIpc) is 2.62. The summed E-state index contributed by atoms with van der Waals surface area (Å²) in [6.45, 7) is 0.0192. The molecule has 0 bridgehead atoms. The number of amides is 1. The van der Waals surface area contributed by atoms with E-state index in [4.69, 9.17) is 9.47 Å². The van der Waals surface area contributed by atoms with E-state index in [9.17, 15) is 18.4 Å². The highest BCUT2D eigenvalue weighted by Gasteiger charge is 2.18. The van der Waals surface area contributed by atoms with Gasteiger partial charge in [-0.3, -0.25) is 4.79 Å². The zero-order chi connectivity index (χ0) is 19.8. The molecule has 0 radical (unpaired) electrons. The Morgan fingerprint density at radius 3 is 2.11 bits per heavy atom. The van der Waals surface area contributed by atoms with Crippen LogP contribution in [-0.2, 0) is 14.3 Å². The molecule has 27 heavy (non-hydrogen) atoms. The molecule has 2 aromatic carbocycles. The van der Waals surface area contributed by atoms with E-state index in [2.05, 4.69) is 10.1 Å². The van der Waals surface area contributed by atoms with Crippen LogP contribution in [0.15, 0.2) is 48.5 Å². The van der Waals surface area contributed by atoms with Crippen molar-refractivity contribution in [2.75, 3.05) is 11.9 Å². The van der Waals surface area contributed by atoms with Gasteiger partial charge in [-0.1, -0.05) is 17.7 Å². The topological polar surface area (TPSA) is 73.9 Å². The minimum absolute atomic E-state index is 0.0310. The monoisotopic (exact) mass is 379 g/mol. The number of hydrogen-bond acceptors (Lipinski definition) is 5. The van der Waals surface area contributed by atoms with Crippen LogP contribution in [0, 0.1) is 6.92 Å². The second-order valence-electron chi connectivity index (χ2n) is 5.63. The Morgan fingerprint density at radius 1 is 0.963 bits per heavy atom. The summed E-state index contributed by atoms with van der Waals surface area (Å²) in [6.07, 6.45) is -0.883. The lowest BCUT2D eigenvalue weighted by Crippen LogP contribution is -2.29. The van der Waals surface area contributed by atoms with E-state index in [1.54, 1.807) is 12.1 Å². The van der Waals surface area contributed by atoms with Gasteiger partial charge in [0.05, 0.1) is 0 Å². The number of esters is 1. The van der Waals surface area contributed by atoms with Crippen LogP contribution in [0.2, 0.25) is 0 Å². The number of aryl methyl sites for hydroxylation is 1. The number of benzene rings is 2. The zero-order valence-corrected chi connectivity index (χ0v) is 14.8. The van der Waals surface area contributed by atoms with Gasteiger partial charge in [-0.05, 0) is 50.2 Å². The zero-order valence-electron chi connectivity index (χ0n) is 14.8. The van der Waals surface area contributed by atoms with Crippen LogP contribution in [0.1, 0.15) is 12.5 Å². The number of carbonyl (C=O) groups excluding carboxylic acids is 2. The molecule has 0 aliphatic rings. The Kier molecular flexibility index (Phi) is 7.10. The maximum absolute atomic E-state index is 12.1. The van der Waals surface area contributed by atoms with Crippen molar-refractivity contribution in [1.29, 1.82) is 0 Å². The molecule has 6 nitrogen and oxygen atoms in total.